The van der Waals surface area contributed by atoms with Crippen LogP contribution in [-0.4, -0.2) is 17.4 Å². The zero-order valence-electron chi connectivity index (χ0n) is 3.49. The fourth-order valence-corrected chi connectivity index (χ4v) is 0. The summed E-state index contributed by atoms with van der Waals surface area (Å²) in [7, 11) is 0. The summed E-state index contributed by atoms with van der Waals surface area (Å²) in [5, 5.41) is 0. The van der Waals surface area contributed by atoms with E-state index in [-0.39, 0.29) is 91.5 Å². The summed E-state index contributed by atoms with van der Waals surface area (Å²) in [6.45, 7) is 0. The summed E-state index contributed by atoms with van der Waals surface area (Å²) in [4.78, 5) is 0. The van der Waals surface area contributed by atoms with Crippen molar-refractivity contribution >= 4 is 17.4 Å². The summed E-state index contributed by atoms with van der Waals surface area (Å²) in [6, 6.07) is 0. The van der Waals surface area contributed by atoms with Crippen molar-refractivity contribution < 1.29 is 74.1 Å². The molecule has 0 aliphatic rings. The average Bonchev–Trinajstić information content (AvgIpc) is 0. The van der Waals surface area contributed by atoms with Crippen LogP contribution < -0.4 is 0 Å². The fourth-order valence-electron chi connectivity index (χ4n) is 0. The average molecular weight is 245 g/mol. The van der Waals surface area contributed by atoms with Crippen LogP contribution >= 0.6 is 0 Å². The molecule has 0 amide bonds. The van der Waals surface area contributed by atoms with Crippen LogP contribution in [0, 0.1) is 0 Å². The first-order chi connectivity index (χ1) is 0. The Hall–Kier alpha value is 2.10. The van der Waals surface area contributed by atoms with E-state index in [2.05, 4.69) is 0 Å². The predicted octanol–water partition coefficient (Wildman–Crippen LogP) is -0.861. The van der Waals surface area contributed by atoms with E-state index in [0.29, 0.717) is 0 Å². The van der Waals surface area contributed by atoms with Gasteiger partial charge in [-0.25, -0.2) is 0 Å². The van der Waals surface area contributed by atoms with E-state index < -0.39 is 0 Å². The second kappa shape index (κ2) is 92.6. The molecule has 0 bridgehead atoms. The molecule has 0 atom stereocenters. The summed E-state index contributed by atoms with van der Waals surface area (Å²) < 4.78 is 0. The van der Waals surface area contributed by atoms with Gasteiger partial charge < -0.3 is 21.9 Å². The van der Waals surface area contributed by atoms with Crippen LogP contribution in [0.2, 0.25) is 0 Å². The SMILES string of the molecule is [Al+3].[O-2].[O-2].[O-2].[O-2].[Y+3].[Zn+2]. The molecular weight excluding hydrogens is 245 g/mol. The molecule has 0 saturated heterocycles. The summed E-state index contributed by atoms with van der Waals surface area (Å²) >= 11 is 0. The van der Waals surface area contributed by atoms with Crippen molar-refractivity contribution in [2.24, 2.45) is 0 Å². The Kier molecular flexibility index (Phi) is 1790. The maximum absolute atomic E-state index is 0. The van der Waals surface area contributed by atoms with E-state index in [1.807, 2.05) is 0 Å². The molecule has 0 aromatic heterocycles. The van der Waals surface area contributed by atoms with Gasteiger partial charge in [-0.15, -0.1) is 0 Å². The Balaban J connectivity index is 0. The van der Waals surface area contributed by atoms with E-state index in [4.69, 9.17) is 0 Å². The first-order valence-corrected chi connectivity index (χ1v) is 0. The molecule has 0 fully saturated rings. The van der Waals surface area contributed by atoms with Gasteiger partial charge in [0.15, 0.2) is 0 Å². The largest absolute Gasteiger partial charge is 3.00 e. The van der Waals surface area contributed by atoms with Gasteiger partial charge >= 0.3 is 69.5 Å². The molecule has 7 heteroatoms. The normalized spacial score (nSPS) is 0. The molecule has 0 aliphatic heterocycles. The number of hydrogen-bond acceptors (Lipinski definition) is 0. The monoisotopic (exact) mass is 244 g/mol. The van der Waals surface area contributed by atoms with Gasteiger partial charge in [-0.1, -0.05) is 0 Å². The van der Waals surface area contributed by atoms with Gasteiger partial charge in [0.05, 0.1) is 0 Å². The van der Waals surface area contributed by atoms with E-state index in [9.17, 15) is 0 Å². The van der Waals surface area contributed by atoms with Gasteiger partial charge in [0.2, 0.25) is 0 Å². The zero-order valence-corrected chi connectivity index (χ0v) is 10.5. The van der Waals surface area contributed by atoms with Gasteiger partial charge in [0.25, 0.3) is 0 Å². The van der Waals surface area contributed by atoms with Crippen molar-refractivity contribution in [3.05, 3.63) is 0 Å². The third kappa shape index (κ3) is 68.4. The van der Waals surface area contributed by atoms with Crippen molar-refractivity contribution in [2.45, 2.75) is 0 Å². The maximum atomic E-state index is 0. The number of hydrogen-bond donors (Lipinski definition) is 0. The van der Waals surface area contributed by atoms with Crippen molar-refractivity contribution in [3.63, 3.8) is 0 Å². The van der Waals surface area contributed by atoms with E-state index in [1.165, 1.54) is 0 Å². The number of rotatable bonds is 0. The Morgan fingerprint density at radius 3 is 0.571 bits per heavy atom. The minimum Gasteiger partial charge on any atom is -2.00 e. The third-order valence-corrected chi connectivity index (χ3v) is 0. The molecule has 0 N–H and O–H groups in total. The summed E-state index contributed by atoms with van der Waals surface area (Å²) in [6.07, 6.45) is 0. The molecule has 0 aromatic rings. The van der Waals surface area contributed by atoms with Crippen molar-refractivity contribution in [2.75, 3.05) is 0 Å². The third-order valence-electron chi connectivity index (χ3n) is 0. The fraction of sp³-hybridized carbons (Fsp3) is 0. The van der Waals surface area contributed by atoms with E-state index >= 15 is 0 Å². The molecule has 0 heterocycles. The molecule has 4 nitrogen and oxygen atoms in total. The van der Waals surface area contributed by atoms with Gasteiger partial charge in [0.1, 0.15) is 0 Å². The topological polar surface area (TPSA) is 114 Å². The Labute approximate surface area is 90.4 Å². The van der Waals surface area contributed by atoms with Crippen LogP contribution in [-0.2, 0) is 74.1 Å². The summed E-state index contributed by atoms with van der Waals surface area (Å²) in [5.74, 6) is 0. The first kappa shape index (κ1) is 135. The van der Waals surface area contributed by atoms with Crippen molar-refractivity contribution in [1.82, 2.24) is 0 Å². The maximum Gasteiger partial charge on any atom is 3.00 e. The van der Waals surface area contributed by atoms with Crippen LogP contribution in [0.15, 0.2) is 0 Å². The second-order valence-corrected chi connectivity index (χ2v) is 0. The first-order valence-electron chi connectivity index (χ1n) is 0. The van der Waals surface area contributed by atoms with Gasteiger partial charge in [0, 0.05) is 0 Å². The molecule has 0 rings (SSSR count). The van der Waals surface area contributed by atoms with Gasteiger partial charge in [-0.05, 0) is 0 Å². The molecule has 0 saturated carbocycles. The Morgan fingerprint density at radius 1 is 0.571 bits per heavy atom. The smallest absolute Gasteiger partial charge is 2.00 e. The van der Waals surface area contributed by atoms with Crippen molar-refractivity contribution in [3.8, 4) is 0 Å². The molecule has 0 unspecified atom stereocenters. The van der Waals surface area contributed by atoms with E-state index in [0.717, 1.165) is 0 Å². The van der Waals surface area contributed by atoms with Crippen LogP contribution in [0.3, 0.4) is 0 Å². The quantitative estimate of drug-likeness (QED) is 0.494. The molecule has 32 valence electrons. The molecule has 0 radical (unpaired) electrons. The van der Waals surface area contributed by atoms with Gasteiger partial charge in [-0.2, -0.15) is 0 Å². The van der Waals surface area contributed by atoms with Crippen LogP contribution in [0.1, 0.15) is 0 Å². The van der Waals surface area contributed by atoms with Crippen LogP contribution in [0.4, 0.5) is 0 Å². The minimum absolute atomic E-state index is 0. The standard InChI is InChI=1S/Al.4O.Y.Zn/q+3;4*-2;+3;+2. The predicted molar refractivity (Wildman–Crippen MR) is 8.50 cm³/mol. The molecular formula is AlO4YZn. The minimum atomic E-state index is 0. The second-order valence-electron chi connectivity index (χ2n) is 0. The molecule has 0 aliphatic carbocycles. The Morgan fingerprint density at radius 2 is 0.571 bits per heavy atom. The van der Waals surface area contributed by atoms with Crippen molar-refractivity contribution in [1.29, 1.82) is 0 Å². The van der Waals surface area contributed by atoms with Crippen LogP contribution in [0.25, 0.3) is 0 Å². The molecule has 0 spiro atoms. The van der Waals surface area contributed by atoms with E-state index in [1.54, 1.807) is 0 Å². The summed E-state index contributed by atoms with van der Waals surface area (Å²) in [5.41, 5.74) is 0. The Bertz CT molecular complexity index is 11.7. The molecule has 7 heavy (non-hydrogen) atoms. The van der Waals surface area contributed by atoms with Gasteiger partial charge in [-0.3, -0.25) is 0 Å². The zero-order chi connectivity index (χ0) is 0. The van der Waals surface area contributed by atoms with Crippen LogP contribution in [0.5, 0.6) is 0 Å². The molecule has 0 aromatic carbocycles.